The Bertz CT molecular complexity index is 1020. The first-order valence-electron chi connectivity index (χ1n) is 7.09. The highest BCUT2D eigenvalue weighted by Gasteiger charge is 2.19. The predicted molar refractivity (Wildman–Crippen MR) is 95.2 cm³/mol. The number of hydrogen-bond donors (Lipinski definition) is 1. The van der Waals surface area contributed by atoms with Crippen LogP contribution in [-0.2, 0) is 10.0 Å². The molecule has 24 heavy (non-hydrogen) atoms. The van der Waals surface area contributed by atoms with E-state index in [0.717, 1.165) is 5.39 Å². The summed E-state index contributed by atoms with van der Waals surface area (Å²) >= 11 is 11.8. The minimum absolute atomic E-state index is 0.0883. The lowest BCUT2D eigenvalue weighted by molar-refractivity contribution is 0.546. The van der Waals surface area contributed by atoms with Crippen molar-refractivity contribution in [2.24, 2.45) is 0 Å². The van der Waals surface area contributed by atoms with Crippen LogP contribution < -0.4 is 4.72 Å². The quantitative estimate of drug-likeness (QED) is 0.733. The lowest BCUT2D eigenvalue weighted by atomic mass is 10.3. The summed E-state index contributed by atoms with van der Waals surface area (Å²) in [5.74, 6) is 0. The lowest BCUT2D eigenvalue weighted by Crippen LogP contribution is -2.13. The van der Waals surface area contributed by atoms with E-state index in [0.29, 0.717) is 11.3 Å². The third-order valence-electron chi connectivity index (χ3n) is 3.36. The van der Waals surface area contributed by atoms with Crippen LogP contribution in [0.2, 0.25) is 10.0 Å². The third-order valence-corrected chi connectivity index (χ3v) is 5.46. The van der Waals surface area contributed by atoms with Gasteiger partial charge in [0.25, 0.3) is 10.0 Å². The van der Waals surface area contributed by atoms with Crippen LogP contribution in [0.4, 0.5) is 5.69 Å². The molecule has 0 aliphatic carbocycles. The van der Waals surface area contributed by atoms with Gasteiger partial charge in [-0.25, -0.2) is 18.1 Å². The van der Waals surface area contributed by atoms with Gasteiger partial charge in [-0.15, -0.1) is 0 Å². The van der Waals surface area contributed by atoms with Crippen molar-refractivity contribution >= 4 is 49.9 Å². The molecule has 3 aromatic rings. The van der Waals surface area contributed by atoms with Crippen LogP contribution in [0.15, 0.2) is 41.6 Å². The molecule has 6 nitrogen and oxygen atoms in total. The van der Waals surface area contributed by atoms with Crippen molar-refractivity contribution in [3.05, 3.63) is 46.7 Å². The second-order valence-corrected chi connectivity index (χ2v) is 7.99. The summed E-state index contributed by atoms with van der Waals surface area (Å²) in [5.41, 5.74) is 1.01. The minimum atomic E-state index is -3.88. The smallest absolute Gasteiger partial charge is 0.263 e. The van der Waals surface area contributed by atoms with E-state index in [1.807, 2.05) is 13.8 Å². The molecule has 0 aliphatic rings. The van der Waals surface area contributed by atoms with E-state index in [-0.39, 0.29) is 21.0 Å². The second-order valence-electron chi connectivity index (χ2n) is 5.50. The standard InChI is InChI=1S/C15H14Cl2N4O2S/c1-9(2)21-15-10(7-19-21)5-12(8-18-15)20-24(22,23)14-6-11(16)3-4-13(14)17/h3-9,20H,1-2H3. The van der Waals surface area contributed by atoms with Gasteiger partial charge in [0.2, 0.25) is 0 Å². The van der Waals surface area contributed by atoms with E-state index in [1.165, 1.54) is 24.4 Å². The second kappa shape index (κ2) is 6.23. The van der Waals surface area contributed by atoms with Crippen molar-refractivity contribution in [1.29, 1.82) is 0 Å². The zero-order valence-corrected chi connectivity index (χ0v) is 15.2. The lowest BCUT2D eigenvalue weighted by Gasteiger charge is -2.10. The Balaban J connectivity index is 1.98. The number of benzene rings is 1. The first-order valence-corrected chi connectivity index (χ1v) is 9.33. The van der Waals surface area contributed by atoms with E-state index < -0.39 is 10.0 Å². The Hall–Kier alpha value is -1.83. The molecule has 0 unspecified atom stereocenters. The fraction of sp³-hybridized carbons (Fsp3) is 0.200. The van der Waals surface area contributed by atoms with E-state index in [2.05, 4.69) is 14.8 Å². The summed E-state index contributed by atoms with van der Waals surface area (Å²) in [5, 5.41) is 5.37. The zero-order valence-electron chi connectivity index (χ0n) is 12.9. The molecule has 2 aromatic heterocycles. The summed E-state index contributed by atoms with van der Waals surface area (Å²) in [7, 11) is -3.88. The Morgan fingerprint density at radius 2 is 1.92 bits per heavy atom. The largest absolute Gasteiger partial charge is 0.278 e. The number of anilines is 1. The number of aromatic nitrogens is 3. The molecule has 0 fully saturated rings. The molecule has 2 heterocycles. The van der Waals surface area contributed by atoms with Crippen LogP contribution in [-0.4, -0.2) is 23.2 Å². The molecule has 0 saturated heterocycles. The van der Waals surface area contributed by atoms with Gasteiger partial charge in [-0.1, -0.05) is 23.2 Å². The molecular formula is C15H14Cl2N4O2S. The maximum absolute atomic E-state index is 12.5. The van der Waals surface area contributed by atoms with Gasteiger partial charge in [0, 0.05) is 16.5 Å². The van der Waals surface area contributed by atoms with E-state index in [4.69, 9.17) is 23.2 Å². The van der Waals surface area contributed by atoms with E-state index in [9.17, 15) is 8.42 Å². The van der Waals surface area contributed by atoms with Crippen molar-refractivity contribution in [3.8, 4) is 0 Å². The maximum atomic E-state index is 12.5. The van der Waals surface area contributed by atoms with Crippen LogP contribution in [0, 0.1) is 0 Å². The van der Waals surface area contributed by atoms with Crippen LogP contribution in [0.5, 0.6) is 0 Å². The number of fused-ring (bicyclic) bond motifs is 1. The number of rotatable bonds is 4. The van der Waals surface area contributed by atoms with Crippen molar-refractivity contribution < 1.29 is 8.42 Å². The molecule has 0 saturated carbocycles. The molecule has 1 N–H and O–H groups in total. The van der Waals surface area contributed by atoms with Gasteiger partial charge in [-0.05, 0) is 38.1 Å². The Morgan fingerprint density at radius 1 is 1.17 bits per heavy atom. The summed E-state index contributed by atoms with van der Waals surface area (Å²) in [6.45, 7) is 3.98. The average Bonchev–Trinajstić information content (AvgIpc) is 2.92. The van der Waals surface area contributed by atoms with Gasteiger partial charge in [-0.3, -0.25) is 4.72 Å². The Morgan fingerprint density at radius 3 is 2.62 bits per heavy atom. The van der Waals surface area contributed by atoms with Gasteiger partial charge < -0.3 is 0 Å². The predicted octanol–water partition coefficient (Wildman–Crippen LogP) is 4.12. The molecule has 126 valence electrons. The number of sulfonamides is 1. The molecule has 0 spiro atoms. The molecule has 1 aromatic carbocycles. The van der Waals surface area contributed by atoms with Crippen LogP contribution >= 0.6 is 23.2 Å². The Kier molecular flexibility index (Phi) is 4.42. The highest BCUT2D eigenvalue weighted by Crippen LogP contribution is 2.27. The summed E-state index contributed by atoms with van der Waals surface area (Å²) in [4.78, 5) is 4.21. The molecule has 0 atom stereocenters. The summed E-state index contributed by atoms with van der Waals surface area (Å²) in [6, 6.07) is 6.09. The fourth-order valence-electron chi connectivity index (χ4n) is 2.27. The molecule has 0 aliphatic heterocycles. The maximum Gasteiger partial charge on any atom is 0.263 e. The first-order chi connectivity index (χ1) is 11.3. The van der Waals surface area contributed by atoms with E-state index in [1.54, 1.807) is 16.9 Å². The number of halogens is 2. The van der Waals surface area contributed by atoms with Gasteiger partial charge in [0.15, 0.2) is 5.65 Å². The highest BCUT2D eigenvalue weighted by molar-refractivity contribution is 7.92. The Labute approximate surface area is 149 Å². The topological polar surface area (TPSA) is 76.9 Å². The van der Waals surface area contributed by atoms with Gasteiger partial charge in [0.05, 0.1) is 23.1 Å². The van der Waals surface area contributed by atoms with Gasteiger partial charge in [0.1, 0.15) is 4.90 Å². The highest BCUT2D eigenvalue weighted by atomic mass is 35.5. The minimum Gasteiger partial charge on any atom is -0.278 e. The van der Waals surface area contributed by atoms with Crippen molar-refractivity contribution in [3.63, 3.8) is 0 Å². The summed E-state index contributed by atoms with van der Waals surface area (Å²) in [6.07, 6.45) is 3.09. The first kappa shape index (κ1) is 17.0. The molecule has 0 radical (unpaired) electrons. The van der Waals surface area contributed by atoms with Gasteiger partial charge in [-0.2, -0.15) is 5.10 Å². The summed E-state index contributed by atoms with van der Waals surface area (Å²) < 4.78 is 29.3. The number of nitrogens with zero attached hydrogens (tertiary/aromatic N) is 3. The fourth-order valence-corrected chi connectivity index (χ4v) is 4.06. The third kappa shape index (κ3) is 3.19. The SMILES string of the molecule is CC(C)n1ncc2cc(NS(=O)(=O)c3cc(Cl)ccc3Cl)cnc21. The number of hydrogen-bond acceptors (Lipinski definition) is 4. The average molecular weight is 385 g/mol. The van der Waals surface area contributed by atoms with Crippen LogP contribution in [0.3, 0.4) is 0 Å². The van der Waals surface area contributed by atoms with Crippen LogP contribution in [0.1, 0.15) is 19.9 Å². The molecule has 9 heteroatoms. The zero-order chi connectivity index (χ0) is 17.5. The van der Waals surface area contributed by atoms with Crippen molar-refractivity contribution in [1.82, 2.24) is 14.8 Å². The normalized spacial score (nSPS) is 12.0. The van der Waals surface area contributed by atoms with Crippen LogP contribution in [0.25, 0.3) is 11.0 Å². The molecule has 0 amide bonds. The van der Waals surface area contributed by atoms with E-state index >= 15 is 0 Å². The molecule has 0 bridgehead atoms. The number of nitrogens with one attached hydrogen (secondary N) is 1. The van der Waals surface area contributed by atoms with Crippen molar-refractivity contribution in [2.75, 3.05) is 4.72 Å². The number of pyridine rings is 1. The van der Waals surface area contributed by atoms with Crippen molar-refractivity contribution in [2.45, 2.75) is 24.8 Å². The van der Waals surface area contributed by atoms with Gasteiger partial charge >= 0.3 is 0 Å². The monoisotopic (exact) mass is 384 g/mol. The molecule has 3 rings (SSSR count). The molecular weight excluding hydrogens is 371 g/mol.